The molecule has 0 aromatic heterocycles. The molecule has 0 saturated carbocycles. The highest BCUT2D eigenvalue weighted by atomic mass is 16.6. The van der Waals surface area contributed by atoms with Crippen molar-refractivity contribution in [2.75, 3.05) is 6.61 Å². The summed E-state index contributed by atoms with van der Waals surface area (Å²) >= 11 is 0. The summed E-state index contributed by atoms with van der Waals surface area (Å²) in [5.41, 5.74) is 4.15. The monoisotopic (exact) mass is 535 g/mol. The number of hydrogen-bond donors (Lipinski definition) is 0. The quantitative estimate of drug-likeness (QED) is 0.238. The number of fused-ring (bicyclic) bond motifs is 1. The Hall–Kier alpha value is -3.81. The van der Waals surface area contributed by atoms with Crippen LogP contribution in [-0.4, -0.2) is 43.1 Å². The summed E-state index contributed by atoms with van der Waals surface area (Å²) in [6.45, 7) is 1.64. The van der Waals surface area contributed by atoms with Crippen LogP contribution in [0.15, 0.2) is 126 Å². The lowest BCUT2D eigenvalue weighted by atomic mass is 9.97. The maximum Gasteiger partial charge on any atom is 0.219 e. The topological polar surface area (TPSA) is 58.5 Å². The molecule has 1 saturated heterocycles. The summed E-state index contributed by atoms with van der Waals surface area (Å²) in [4.78, 5) is 4.84. The van der Waals surface area contributed by atoms with Crippen LogP contribution in [0, 0.1) is 0 Å². The second-order valence-electron chi connectivity index (χ2n) is 9.97. The van der Waals surface area contributed by atoms with E-state index in [0.29, 0.717) is 32.3 Å². The predicted octanol–water partition coefficient (Wildman–Crippen LogP) is 5.94. The first-order valence-corrected chi connectivity index (χ1v) is 13.7. The number of ether oxygens (including phenoxy) is 5. The molecule has 2 aliphatic heterocycles. The number of nitrogens with zero attached hydrogens (tertiary/aromatic N) is 1. The Morgan fingerprint density at radius 1 is 0.575 bits per heavy atom. The lowest BCUT2D eigenvalue weighted by Gasteiger charge is -2.42. The zero-order chi connectivity index (χ0) is 27.0. The smallest absolute Gasteiger partial charge is 0.219 e. The molecule has 0 radical (unpaired) electrons. The Bertz CT molecular complexity index is 1350. The van der Waals surface area contributed by atoms with E-state index in [1.54, 1.807) is 0 Å². The van der Waals surface area contributed by atoms with E-state index in [4.69, 9.17) is 28.7 Å². The maximum absolute atomic E-state index is 6.60. The molecule has 0 spiro atoms. The summed E-state index contributed by atoms with van der Waals surface area (Å²) < 4.78 is 32.3. The highest BCUT2D eigenvalue weighted by Gasteiger charge is 2.52. The van der Waals surface area contributed by atoms with Crippen molar-refractivity contribution in [3.05, 3.63) is 144 Å². The molecule has 0 unspecified atom stereocenters. The fraction of sp³-hybridized carbons (Fsp3) is 0.265. The van der Waals surface area contributed by atoms with Gasteiger partial charge in [0.05, 0.1) is 26.4 Å². The van der Waals surface area contributed by atoms with E-state index in [-0.39, 0.29) is 0 Å². The lowest BCUT2D eigenvalue weighted by molar-refractivity contribution is -0.249. The third-order valence-corrected chi connectivity index (χ3v) is 7.09. The zero-order valence-corrected chi connectivity index (χ0v) is 22.3. The number of hydrogen-bond acceptors (Lipinski definition) is 6. The van der Waals surface area contributed by atoms with Crippen molar-refractivity contribution in [3.63, 3.8) is 0 Å². The Morgan fingerprint density at radius 2 is 1.07 bits per heavy atom. The highest BCUT2D eigenvalue weighted by Crippen LogP contribution is 2.34. The Morgan fingerprint density at radius 3 is 1.65 bits per heavy atom. The molecule has 0 amide bonds. The van der Waals surface area contributed by atoms with E-state index in [1.807, 2.05) is 97.1 Å². The molecule has 6 nitrogen and oxygen atoms in total. The molecule has 4 aromatic rings. The van der Waals surface area contributed by atoms with E-state index in [1.165, 1.54) is 0 Å². The molecule has 0 N–H and O–H groups in total. The van der Waals surface area contributed by atoms with E-state index < -0.39 is 30.6 Å². The molecule has 6 rings (SSSR count). The van der Waals surface area contributed by atoms with Gasteiger partial charge >= 0.3 is 0 Å². The molecule has 40 heavy (non-hydrogen) atoms. The average Bonchev–Trinajstić information content (AvgIpc) is 3.45. The highest BCUT2D eigenvalue weighted by molar-refractivity contribution is 5.95. The molecular weight excluding hydrogens is 502 g/mol. The van der Waals surface area contributed by atoms with Crippen molar-refractivity contribution in [1.82, 2.24) is 0 Å². The summed E-state index contributed by atoms with van der Waals surface area (Å²) in [5, 5.41) is 0. The van der Waals surface area contributed by atoms with Gasteiger partial charge in [-0.2, -0.15) is 0 Å². The normalized spacial score (nSPS) is 23.7. The van der Waals surface area contributed by atoms with Gasteiger partial charge in [0, 0.05) is 5.56 Å². The second-order valence-corrected chi connectivity index (χ2v) is 9.97. The van der Waals surface area contributed by atoms with Gasteiger partial charge in [-0.15, -0.1) is 0 Å². The lowest BCUT2D eigenvalue weighted by Crippen LogP contribution is -2.59. The van der Waals surface area contributed by atoms with Gasteiger partial charge in [0.1, 0.15) is 18.3 Å². The van der Waals surface area contributed by atoms with E-state index >= 15 is 0 Å². The van der Waals surface area contributed by atoms with Crippen LogP contribution in [-0.2, 0) is 43.5 Å². The van der Waals surface area contributed by atoms with Gasteiger partial charge in [0.2, 0.25) is 5.90 Å². The molecule has 0 bridgehead atoms. The van der Waals surface area contributed by atoms with Crippen molar-refractivity contribution < 1.29 is 23.7 Å². The van der Waals surface area contributed by atoms with E-state index in [9.17, 15) is 0 Å². The molecule has 6 heteroatoms. The summed E-state index contributed by atoms with van der Waals surface area (Å²) in [7, 11) is 0. The fourth-order valence-corrected chi connectivity index (χ4v) is 5.05. The summed E-state index contributed by atoms with van der Waals surface area (Å²) in [5.74, 6) is 0.552. The molecule has 1 fully saturated rings. The van der Waals surface area contributed by atoms with Crippen LogP contribution in [0.2, 0.25) is 0 Å². The van der Waals surface area contributed by atoms with Crippen molar-refractivity contribution in [2.24, 2.45) is 4.99 Å². The number of aliphatic imine (C=N–C) groups is 1. The third kappa shape index (κ3) is 6.49. The zero-order valence-electron chi connectivity index (χ0n) is 22.3. The minimum atomic E-state index is -0.530. The first kappa shape index (κ1) is 26.4. The predicted molar refractivity (Wildman–Crippen MR) is 153 cm³/mol. The Labute approximate surface area is 235 Å². The largest absolute Gasteiger partial charge is 0.466 e. The van der Waals surface area contributed by atoms with Crippen LogP contribution in [0.3, 0.4) is 0 Å². The first-order valence-electron chi connectivity index (χ1n) is 13.7. The summed E-state index contributed by atoms with van der Waals surface area (Å²) in [6, 6.07) is 40.3. The Kier molecular flexibility index (Phi) is 8.60. The average molecular weight is 536 g/mol. The number of benzene rings is 4. The Balaban J connectivity index is 1.25. The molecule has 5 atom stereocenters. The van der Waals surface area contributed by atoms with Crippen LogP contribution in [0.5, 0.6) is 0 Å². The molecule has 0 aliphatic carbocycles. The second kappa shape index (κ2) is 13.0. The maximum atomic E-state index is 6.60. The van der Waals surface area contributed by atoms with Crippen LogP contribution in [0.4, 0.5) is 0 Å². The molecule has 204 valence electrons. The van der Waals surface area contributed by atoms with Crippen molar-refractivity contribution >= 4 is 5.90 Å². The van der Waals surface area contributed by atoms with Gasteiger partial charge in [-0.05, 0) is 28.8 Å². The van der Waals surface area contributed by atoms with Gasteiger partial charge in [-0.3, -0.25) is 0 Å². The van der Waals surface area contributed by atoms with E-state index in [0.717, 1.165) is 22.3 Å². The first-order chi connectivity index (χ1) is 19.8. The third-order valence-electron chi connectivity index (χ3n) is 7.09. The van der Waals surface area contributed by atoms with Crippen molar-refractivity contribution in [1.29, 1.82) is 0 Å². The van der Waals surface area contributed by atoms with Gasteiger partial charge in [0.15, 0.2) is 12.3 Å². The van der Waals surface area contributed by atoms with Crippen LogP contribution >= 0.6 is 0 Å². The molecule has 2 heterocycles. The van der Waals surface area contributed by atoms with Gasteiger partial charge in [-0.1, -0.05) is 109 Å². The SMILES string of the molecule is c1ccc(COC[C@H]2O[C@@H]3N=C(c4ccccc4)O[C@@H]3[C@@H](OCc3ccccc3)[C@@H]2OCc2ccccc2)cc1. The van der Waals surface area contributed by atoms with Gasteiger partial charge in [0.25, 0.3) is 0 Å². The minimum absolute atomic E-state index is 0.332. The van der Waals surface area contributed by atoms with Gasteiger partial charge in [-0.25, -0.2) is 4.99 Å². The molecule has 4 aromatic carbocycles. The summed E-state index contributed by atoms with van der Waals surface area (Å²) in [6.07, 6.45) is -2.26. The van der Waals surface area contributed by atoms with Crippen molar-refractivity contribution in [2.45, 2.75) is 50.5 Å². The van der Waals surface area contributed by atoms with Crippen LogP contribution in [0.1, 0.15) is 22.3 Å². The van der Waals surface area contributed by atoms with Crippen LogP contribution < -0.4 is 0 Å². The van der Waals surface area contributed by atoms with E-state index in [2.05, 4.69) is 24.3 Å². The van der Waals surface area contributed by atoms with Crippen LogP contribution in [0.25, 0.3) is 0 Å². The van der Waals surface area contributed by atoms with Crippen molar-refractivity contribution in [3.8, 4) is 0 Å². The molecule has 2 aliphatic rings. The fourth-order valence-electron chi connectivity index (χ4n) is 5.05. The van der Waals surface area contributed by atoms with Gasteiger partial charge < -0.3 is 23.7 Å². The standard InChI is InChI=1S/C34H33NO5/c1-5-13-25(14-6-1)21-36-24-29-30(37-22-26-15-7-2-8-16-26)31(38-23-27-17-9-3-10-18-27)32-34(39-29)35-33(40-32)28-19-11-4-12-20-28/h1-20,29-32,34H,21-24H2/t29-,30-,31+,32-,34+/m1/s1. The molecular formula is C34H33NO5. The minimum Gasteiger partial charge on any atom is -0.466 e. The number of rotatable bonds is 11.